The van der Waals surface area contributed by atoms with E-state index in [1.807, 2.05) is 0 Å². The molecule has 0 aliphatic heterocycles. The van der Waals surface area contributed by atoms with E-state index in [2.05, 4.69) is 5.32 Å². The summed E-state index contributed by atoms with van der Waals surface area (Å²) in [5, 5.41) is 12.5. The molecule has 0 bridgehead atoms. The topological polar surface area (TPSA) is 66.4 Å². The number of halogens is 2. The van der Waals surface area contributed by atoms with Gasteiger partial charge < -0.3 is 10.4 Å². The second kappa shape index (κ2) is 5.39. The number of benzene rings is 1. The lowest BCUT2D eigenvalue weighted by Crippen LogP contribution is -2.35. The van der Waals surface area contributed by atoms with Crippen molar-refractivity contribution in [3.05, 3.63) is 33.8 Å². The lowest BCUT2D eigenvalue weighted by molar-refractivity contribution is -0.143. The number of carboxylic acid groups (broad SMARTS) is 1. The molecule has 19 heavy (non-hydrogen) atoms. The van der Waals surface area contributed by atoms with Crippen molar-refractivity contribution in [2.75, 3.05) is 6.54 Å². The van der Waals surface area contributed by atoms with Gasteiger partial charge in [0.25, 0.3) is 0 Å². The van der Waals surface area contributed by atoms with Crippen molar-refractivity contribution in [2.45, 2.75) is 19.3 Å². The fourth-order valence-corrected chi connectivity index (χ4v) is 2.10. The van der Waals surface area contributed by atoms with Gasteiger partial charge in [-0.1, -0.05) is 29.3 Å². The van der Waals surface area contributed by atoms with Gasteiger partial charge in [-0.05, 0) is 30.5 Å². The number of hydrogen-bond donors (Lipinski definition) is 2. The van der Waals surface area contributed by atoms with E-state index in [0.717, 1.165) is 5.56 Å². The third kappa shape index (κ3) is 3.39. The average molecular weight is 302 g/mol. The standard InChI is InChI=1S/C13H13Cl2NO3/c14-9-2-1-8(5-10(9)15)6-11(17)16-7-13(3-4-13)12(18)19/h1-2,5H,3-4,6-7H2,(H,16,17)(H,18,19). The first-order valence-electron chi connectivity index (χ1n) is 5.87. The highest BCUT2D eigenvalue weighted by Gasteiger charge is 2.50. The predicted octanol–water partition coefficient (Wildman–Crippen LogP) is 2.52. The maximum atomic E-state index is 11.7. The normalized spacial score (nSPS) is 15.9. The second-order valence-corrected chi connectivity index (χ2v) is 5.60. The Balaban J connectivity index is 1.88. The van der Waals surface area contributed by atoms with Crippen molar-refractivity contribution in [2.24, 2.45) is 5.41 Å². The molecule has 0 saturated heterocycles. The van der Waals surface area contributed by atoms with Gasteiger partial charge >= 0.3 is 5.97 Å². The number of nitrogens with one attached hydrogen (secondary N) is 1. The third-order valence-electron chi connectivity index (χ3n) is 3.28. The number of amides is 1. The van der Waals surface area contributed by atoms with Crippen molar-refractivity contribution < 1.29 is 14.7 Å². The molecule has 2 rings (SSSR count). The molecule has 1 aliphatic carbocycles. The molecular weight excluding hydrogens is 289 g/mol. The first-order chi connectivity index (χ1) is 8.93. The Bertz CT molecular complexity index is 527. The van der Waals surface area contributed by atoms with Crippen LogP contribution in [0.25, 0.3) is 0 Å². The smallest absolute Gasteiger partial charge is 0.311 e. The van der Waals surface area contributed by atoms with E-state index in [0.29, 0.717) is 22.9 Å². The maximum absolute atomic E-state index is 11.7. The second-order valence-electron chi connectivity index (χ2n) is 4.79. The zero-order valence-corrected chi connectivity index (χ0v) is 11.6. The molecule has 1 saturated carbocycles. The average Bonchev–Trinajstić information content (AvgIpc) is 3.13. The monoisotopic (exact) mass is 301 g/mol. The number of aliphatic carboxylic acids is 1. The highest BCUT2D eigenvalue weighted by molar-refractivity contribution is 6.42. The summed E-state index contributed by atoms with van der Waals surface area (Å²) in [5.41, 5.74) is -0.0000977. The van der Waals surface area contributed by atoms with Crippen LogP contribution in [-0.2, 0) is 16.0 Å². The van der Waals surface area contributed by atoms with E-state index in [-0.39, 0.29) is 18.9 Å². The van der Waals surface area contributed by atoms with Crippen LogP contribution in [0.4, 0.5) is 0 Å². The van der Waals surface area contributed by atoms with E-state index >= 15 is 0 Å². The summed E-state index contributed by atoms with van der Waals surface area (Å²) in [6.45, 7) is 0.183. The van der Waals surface area contributed by atoms with Crippen molar-refractivity contribution >= 4 is 35.1 Å². The first-order valence-corrected chi connectivity index (χ1v) is 6.63. The Morgan fingerprint density at radius 2 is 1.95 bits per heavy atom. The molecule has 1 aromatic carbocycles. The van der Waals surface area contributed by atoms with Crippen molar-refractivity contribution in [1.29, 1.82) is 0 Å². The van der Waals surface area contributed by atoms with Gasteiger partial charge in [-0.3, -0.25) is 9.59 Å². The molecule has 0 radical (unpaired) electrons. The molecule has 1 amide bonds. The Hall–Kier alpha value is -1.26. The van der Waals surface area contributed by atoms with Crippen LogP contribution in [0.3, 0.4) is 0 Å². The van der Waals surface area contributed by atoms with Crippen LogP contribution in [0.2, 0.25) is 10.0 Å². The SMILES string of the molecule is O=C(Cc1ccc(Cl)c(Cl)c1)NCC1(C(=O)O)CC1. The summed E-state index contributed by atoms with van der Waals surface area (Å²) in [6, 6.07) is 4.98. The number of hydrogen-bond acceptors (Lipinski definition) is 2. The van der Waals surface area contributed by atoms with Gasteiger partial charge in [-0.15, -0.1) is 0 Å². The van der Waals surface area contributed by atoms with Gasteiger partial charge in [0, 0.05) is 6.54 Å². The van der Waals surface area contributed by atoms with E-state index in [1.54, 1.807) is 18.2 Å². The largest absolute Gasteiger partial charge is 0.481 e. The van der Waals surface area contributed by atoms with E-state index < -0.39 is 11.4 Å². The molecule has 0 spiro atoms. The van der Waals surface area contributed by atoms with E-state index in [1.165, 1.54) is 0 Å². The molecule has 1 aromatic rings. The molecule has 2 N–H and O–H groups in total. The van der Waals surface area contributed by atoms with Crippen LogP contribution < -0.4 is 5.32 Å². The van der Waals surface area contributed by atoms with Crippen LogP contribution in [-0.4, -0.2) is 23.5 Å². The van der Waals surface area contributed by atoms with Gasteiger partial charge in [-0.2, -0.15) is 0 Å². The van der Waals surface area contributed by atoms with Crippen LogP contribution >= 0.6 is 23.2 Å². The minimum atomic E-state index is -0.845. The minimum absolute atomic E-state index is 0.159. The lowest BCUT2D eigenvalue weighted by Gasteiger charge is -2.11. The highest BCUT2D eigenvalue weighted by atomic mass is 35.5. The van der Waals surface area contributed by atoms with Gasteiger partial charge in [0.15, 0.2) is 0 Å². The lowest BCUT2D eigenvalue weighted by atomic mass is 10.1. The maximum Gasteiger partial charge on any atom is 0.311 e. The molecule has 0 unspecified atom stereocenters. The van der Waals surface area contributed by atoms with E-state index in [4.69, 9.17) is 28.3 Å². The molecule has 4 nitrogen and oxygen atoms in total. The highest BCUT2D eigenvalue weighted by Crippen LogP contribution is 2.45. The fraction of sp³-hybridized carbons (Fsp3) is 0.385. The quantitative estimate of drug-likeness (QED) is 0.878. The molecular formula is C13H13Cl2NO3. The minimum Gasteiger partial charge on any atom is -0.481 e. The summed E-state index contributed by atoms with van der Waals surface area (Å²) < 4.78 is 0. The van der Waals surface area contributed by atoms with Gasteiger partial charge in [-0.25, -0.2) is 0 Å². The Morgan fingerprint density at radius 1 is 1.26 bits per heavy atom. The number of rotatable bonds is 5. The van der Waals surface area contributed by atoms with Crippen LogP contribution in [0.15, 0.2) is 18.2 Å². The molecule has 102 valence electrons. The molecule has 0 atom stereocenters. The number of carbonyl (C=O) groups is 2. The van der Waals surface area contributed by atoms with Gasteiger partial charge in [0.05, 0.1) is 21.9 Å². The summed E-state index contributed by atoms with van der Waals surface area (Å²) in [4.78, 5) is 22.7. The van der Waals surface area contributed by atoms with Crippen LogP contribution in [0.1, 0.15) is 18.4 Å². The molecule has 6 heteroatoms. The van der Waals surface area contributed by atoms with Crippen molar-refractivity contribution in [3.8, 4) is 0 Å². The Labute approximate surface area is 120 Å². The zero-order valence-electron chi connectivity index (χ0n) is 10.1. The number of carboxylic acids is 1. The fourth-order valence-electron chi connectivity index (χ4n) is 1.78. The van der Waals surface area contributed by atoms with Gasteiger partial charge in [0.2, 0.25) is 5.91 Å². The zero-order chi connectivity index (χ0) is 14.0. The molecule has 1 fully saturated rings. The molecule has 1 aliphatic rings. The van der Waals surface area contributed by atoms with Gasteiger partial charge in [0.1, 0.15) is 0 Å². The molecule has 0 heterocycles. The van der Waals surface area contributed by atoms with Crippen molar-refractivity contribution in [1.82, 2.24) is 5.32 Å². The Morgan fingerprint density at radius 3 is 2.47 bits per heavy atom. The Kier molecular flexibility index (Phi) is 4.02. The summed E-state index contributed by atoms with van der Waals surface area (Å²) in [7, 11) is 0. The summed E-state index contributed by atoms with van der Waals surface area (Å²) >= 11 is 11.6. The summed E-state index contributed by atoms with van der Waals surface area (Å²) in [5.74, 6) is -1.06. The molecule has 0 aromatic heterocycles. The number of carbonyl (C=O) groups excluding carboxylic acids is 1. The van der Waals surface area contributed by atoms with Crippen LogP contribution in [0.5, 0.6) is 0 Å². The van der Waals surface area contributed by atoms with Crippen molar-refractivity contribution in [3.63, 3.8) is 0 Å². The van der Waals surface area contributed by atoms with E-state index in [9.17, 15) is 9.59 Å². The summed E-state index contributed by atoms with van der Waals surface area (Å²) in [6.07, 6.45) is 1.40. The third-order valence-corrected chi connectivity index (χ3v) is 4.02. The predicted molar refractivity (Wildman–Crippen MR) is 72.5 cm³/mol. The van der Waals surface area contributed by atoms with Crippen LogP contribution in [0, 0.1) is 5.41 Å². The first kappa shape index (κ1) is 14.2.